The Balaban J connectivity index is 1.39. The van der Waals surface area contributed by atoms with Crippen molar-refractivity contribution >= 4 is 43.5 Å². The molecule has 1 amide bonds. The number of aliphatic imine (C=N–C) groups is 1. The number of amides is 1. The van der Waals surface area contributed by atoms with Crippen LogP contribution in [0.1, 0.15) is 112 Å². The zero-order chi connectivity index (χ0) is 48.3. The molecule has 0 fully saturated rings. The molecule has 0 bridgehead atoms. The maximum Gasteiger partial charge on any atom is 0.303 e. The predicted molar refractivity (Wildman–Crippen MR) is 253 cm³/mol. The van der Waals surface area contributed by atoms with Crippen molar-refractivity contribution in [2.24, 2.45) is 4.99 Å². The number of aromatic hydroxyl groups is 1. The first-order valence-corrected chi connectivity index (χ1v) is 24.7. The van der Waals surface area contributed by atoms with Crippen LogP contribution < -0.4 is 15.0 Å². The molecular weight excluding hydrogens is 871 g/mol. The summed E-state index contributed by atoms with van der Waals surface area (Å²) in [4.78, 5) is 31.3. The van der Waals surface area contributed by atoms with Crippen LogP contribution in [-0.4, -0.2) is 79.0 Å². The third-order valence-corrected chi connectivity index (χ3v) is 14.6. The molecule has 5 rings (SSSR count). The number of carboxylic acid groups (broad SMARTS) is 1. The van der Waals surface area contributed by atoms with E-state index in [4.69, 9.17) is 14.8 Å². The summed E-state index contributed by atoms with van der Waals surface area (Å²) in [6, 6.07) is 8.97. The van der Waals surface area contributed by atoms with Gasteiger partial charge >= 0.3 is 5.97 Å². The molecule has 16 heteroatoms. The van der Waals surface area contributed by atoms with Crippen molar-refractivity contribution in [2.45, 2.75) is 133 Å². The van der Waals surface area contributed by atoms with Gasteiger partial charge < -0.3 is 25.2 Å². The number of carboxylic acids is 1. The number of ether oxygens (including phenoxy) is 1. The van der Waals surface area contributed by atoms with Crippen LogP contribution in [0.25, 0.3) is 0 Å². The maximum absolute atomic E-state index is 13.6. The van der Waals surface area contributed by atoms with Gasteiger partial charge in [0.05, 0.1) is 9.79 Å². The molecule has 352 valence electrons. The van der Waals surface area contributed by atoms with Crippen LogP contribution in [0.15, 0.2) is 87.3 Å². The number of carbonyl (C=O) groups excluding carboxylic acids is 1. The van der Waals surface area contributed by atoms with Gasteiger partial charge in [-0.3, -0.25) is 23.7 Å². The lowest BCUT2D eigenvalue weighted by atomic mass is 9.77. The van der Waals surface area contributed by atoms with Crippen LogP contribution in [0.4, 0.5) is 5.69 Å². The average molecular weight is 934 g/mol. The molecule has 14 nitrogen and oxygen atoms in total. The number of nitrogens with zero attached hydrogens (tertiary/aromatic N) is 2. The van der Waals surface area contributed by atoms with Gasteiger partial charge in [0.1, 0.15) is 11.5 Å². The maximum atomic E-state index is 13.6. The molecule has 0 aromatic heterocycles. The summed E-state index contributed by atoms with van der Waals surface area (Å²) in [5, 5.41) is 22.7. The molecule has 65 heavy (non-hydrogen) atoms. The molecule has 5 N–H and O–H groups in total. The predicted octanol–water partition coefficient (Wildman–Crippen LogP) is 8.57. The molecule has 0 aliphatic carbocycles. The molecule has 2 heterocycles. The molecule has 0 spiro atoms. The van der Waals surface area contributed by atoms with Gasteiger partial charge in [-0.2, -0.15) is 16.8 Å². The number of fused-ring (bicyclic) bond motifs is 2. The summed E-state index contributed by atoms with van der Waals surface area (Å²) in [6.45, 7) is 18.1. The first-order valence-electron chi connectivity index (χ1n) is 21.8. The molecular formula is C49H63N3O11S2. The lowest BCUT2D eigenvalue weighted by Crippen LogP contribution is -2.51. The molecule has 0 saturated heterocycles. The standard InChI is InChI=1S/C49H63N3O11S2/c1-31-20-21-35(64(57,58)59)29-38(31)47(5,6)41(50-26-16-27-51-46(56)49(9)25-24-37-34(4)44(55)32(2)33(3)45(37)63-49)17-12-10-13-18-42-48(7,8)39-30-36(65(60,61)62)22-23-40(39)52(42)28-15-11-14-19-43(53)54/h10,12-13,17-18,20-23,29-30,55H,11,14-16,19,24-28H2,1-9H3,(H,51,56)(H,53,54)(H,57,58,59)(H,60,61,62)/b13-10+,17-12+,42-18+,50-41+. The number of anilines is 1. The normalized spacial score (nSPS) is 18.3. The highest BCUT2D eigenvalue weighted by Crippen LogP contribution is 2.49. The minimum absolute atomic E-state index is 0.0691. The molecule has 0 saturated carbocycles. The van der Waals surface area contributed by atoms with Gasteiger partial charge in [-0.15, -0.1) is 0 Å². The molecule has 3 aromatic carbocycles. The van der Waals surface area contributed by atoms with Gasteiger partial charge in [-0.25, -0.2) is 0 Å². The smallest absolute Gasteiger partial charge is 0.303 e. The minimum atomic E-state index is -4.50. The Labute approximate surface area is 383 Å². The lowest BCUT2D eigenvalue weighted by Gasteiger charge is -2.36. The second-order valence-corrected chi connectivity index (χ2v) is 21.1. The monoisotopic (exact) mass is 933 g/mol. The number of hydrogen-bond donors (Lipinski definition) is 5. The summed E-state index contributed by atoms with van der Waals surface area (Å²) in [6.07, 6.45) is 12.7. The van der Waals surface area contributed by atoms with Crippen LogP contribution in [-0.2, 0) is 47.1 Å². The highest BCUT2D eigenvalue weighted by molar-refractivity contribution is 7.86. The number of phenols is 1. The molecule has 3 aromatic rings. The Hall–Kier alpha value is -5.29. The summed E-state index contributed by atoms with van der Waals surface area (Å²) < 4.78 is 74.7. The van der Waals surface area contributed by atoms with Crippen molar-refractivity contribution in [1.29, 1.82) is 0 Å². The molecule has 0 radical (unpaired) electrons. The highest BCUT2D eigenvalue weighted by Gasteiger charge is 2.42. The van der Waals surface area contributed by atoms with Crippen molar-refractivity contribution in [3.8, 4) is 11.5 Å². The van der Waals surface area contributed by atoms with Crippen molar-refractivity contribution in [3.63, 3.8) is 0 Å². The van der Waals surface area contributed by atoms with Crippen LogP contribution in [0, 0.1) is 27.7 Å². The number of unbranched alkanes of at least 4 members (excludes halogenated alkanes) is 2. The van der Waals surface area contributed by atoms with E-state index < -0.39 is 42.6 Å². The number of hydrogen-bond acceptors (Lipinski definition) is 10. The van der Waals surface area contributed by atoms with Gasteiger partial charge in [-0.1, -0.05) is 58.4 Å². The summed E-state index contributed by atoms with van der Waals surface area (Å²) in [7, 11) is -8.95. The van der Waals surface area contributed by atoms with Gasteiger partial charge in [0.25, 0.3) is 26.1 Å². The van der Waals surface area contributed by atoms with E-state index in [9.17, 15) is 40.6 Å². The molecule has 1 unspecified atom stereocenters. The van der Waals surface area contributed by atoms with Crippen molar-refractivity contribution in [1.82, 2.24) is 5.32 Å². The number of allylic oxidation sites excluding steroid dienone is 6. The van der Waals surface area contributed by atoms with Gasteiger partial charge in [0, 0.05) is 66.0 Å². The quantitative estimate of drug-likeness (QED) is 0.0351. The molecule has 2 aliphatic heterocycles. The van der Waals surface area contributed by atoms with E-state index >= 15 is 0 Å². The van der Waals surface area contributed by atoms with Crippen LogP contribution in [0.5, 0.6) is 11.5 Å². The third-order valence-electron chi connectivity index (χ3n) is 12.9. The Morgan fingerprint density at radius 3 is 2.20 bits per heavy atom. The number of phenolic OH excluding ortho intramolecular Hbond substituents is 1. The Kier molecular flexibility index (Phi) is 15.3. The second kappa shape index (κ2) is 19.7. The number of nitrogens with one attached hydrogen (secondary N) is 1. The van der Waals surface area contributed by atoms with E-state index in [0.717, 1.165) is 44.8 Å². The number of benzene rings is 3. The Morgan fingerprint density at radius 2 is 1.54 bits per heavy atom. The third kappa shape index (κ3) is 11.2. The summed E-state index contributed by atoms with van der Waals surface area (Å²) >= 11 is 0. The lowest BCUT2D eigenvalue weighted by molar-refractivity contribution is -0.137. The van der Waals surface area contributed by atoms with E-state index in [0.29, 0.717) is 75.2 Å². The van der Waals surface area contributed by atoms with E-state index in [1.54, 1.807) is 19.1 Å². The van der Waals surface area contributed by atoms with E-state index in [1.165, 1.54) is 24.3 Å². The van der Waals surface area contributed by atoms with Gasteiger partial charge in [0.2, 0.25) is 0 Å². The van der Waals surface area contributed by atoms with Crippen LogP contribution >= 0.6 is 0 Å². The SMILES string of the molecule is Cc1ccc(S(=O)(=O)O)cc1C(C)(C)C(/C=C/C=C/C=C1/N(CCCCCC(=O)O)c2ccc(S(=O)(=O)O)cc2C1(C)C)=N/CCCNC(=O)C1(C)CCc2c(C)c(O)c(C)c(C)c2O1. The largest absolute Gasteiger partial charge is 0.507 e. The fourth-order valence-electron chi connectivity index (χ4n) is 8.74. The van der Waals surface area contributed by atoms with Crippen molar-refractivity contribution < 1.29 is 50.5 Å². The first-order chi connectivity index (χ1) is 30.2. The van der Waals surface area contributed by atoms with Crippen molar-refractivity contribution in [3.05, 3.63) is 111 Å². The fraction of sp³-hybridized carbons (Fsp3) is 0.449. The minimum Gasteiger partial charge on any atom is -0.507 e. The first kappa shape index (κ1) is 50.7. The summed E-state index contributed by atoms with van der Waals surface area (Å²) in [5.41, 5.74) is 4.97. The fourth-order valence-corrected chi connectivity index (χ4v) is 9.76. The second-order valence-electron chi connectivity index (χ2n) is 18.2. The number of aliphatic carboxylic acids is 1. The van der Waals surface area contributed by atoms with Gasteiger partial charge in [-0.05, 0) is 136 Å². The van der Waals surface area contributed by atoms with E-state index in [-0.39, 0.29) is 27.9 Å². The van der Waals surface area contributed by atoms with Crippen molar-refractivity contribution in [2.75, 3.05) is 24.5 Å². The van der Waals surface area contributed by atoms with Crippen LogP contribution in [0.2, 0.25) is 0 Å². The van der Waals surface area contributed by atoms with Gasteiger partial charge in [0.15, 0.2) is 5.60 Å². The van der Waals surface area contributed by atoms with Crippen LogP contribution in [0.3, 0.4) is 0 Å². The zero-order valence-electron chi connectivity index (χ0n) is 38.8. The average Bonchev–Trinajstić information content (AvgIpc) is 3.43. The Morgan fingerprint density at radius 1 is 0.877 bits per heavy atom. The number of rotatable bonds is 18. The number of aryl methyl sites for hydroxylation is 1. The van der Waals surface area contributed by atoms with E-state index in [1.807, 2.05) is 85.8 Å². The highest BCUT2D eigenvalue weighted by atomic mass is 32.2. The zero-order valence-corrected chi connectivity index (χ0v) is 40.4. The Bertz CT molecular complexity index is 2700. The van der Waals surface area contributed by atoms with E-state index in [2.05, 4.69) is 10.2 Å². The topological polar surface area (TPSA) is 220 Å². The molecule has 1 atom stereocenters. The summed E-state index contributed by atoms with van der Waals surface area (Å²) in [5.74, 6) is -0.224. The number of carbonyl (C=O) groups is 2. The molecule has 2 aliphatic rings.